The van der Waals surface area contributed by atoms with Gasteiger partial charge in [-0.25, -0.2) is 4.98 Å². The third kappa shape index (κ3) is 2.93. The number of thiazole rings is 1. The number of phenols is 1. The first-order valence-electron chi connectivity index (χ1n) is 7.98. The molecule has 0 saturated heterocycles. The molecule has 0 aliphatic carbocycles. The number of nitrogens with zero attached hydrogens (tertiary/aromatic N) is 3. The molecule has 4 aromatic rings. The van der Waals surface area contributed by atoms with Gasteiger partial charge in [0.1, 0.15) is 24.1 Å². The molecule has 6 nitrogen and oxygen atoms in total. The lowest BCUT2D eigenvalue weighted by Gasteiger charge is -2.15. The number of hydrogen-bond donors (Lipinski definition) is 1. The number of aromatic nitrogens is 3. The molecule has 1 N–H and O–H groups in total. The van der Waals surface area contributed by atoms with E-state index in [1.165, 1.54) is 11.3 Å². The molecule has 2 aromatic heterocycles. The standard InChI is InChI=1S/C19H15N3O3S/c23-12-25-9-18(16-10-26-11-20-16)22-17-8-14(24)6-7-15(17)19(21-22)13-4-2-1-3-5-13/h1-8,10-12,18,24H,9H2. The molecule has 2 aromatic carbocycles. The number of fused-ring (bicyclic) bond motifs is 1. The maximum Gasteiger partial charge on any atom is 0.293 e. The van der Waals surface area contributed by atoms with E-state index in [1.807, 2.05) is 41.8 Å². The number of ether oxygens (including phenoxy) is 1. The van der Waals surface area contributed by atoms with Gasteiger partial charge in [0, 0.05) is 22.4 Å². The summed E-state index contributed by atoms with van der Waals surface area (Å²) in [5.41, 5.74) is 4.99. The number of phenolic OH excluding ortho intramolecular Hbond substituents is 1. The van der Waals surface area contributed by atoms with Crippen molar-refractivity contribution in [3.05, 3.63) is 65.1 Å². The van der Waals surface area contributed by atoms with Gasteiger partial charge in [-0.1, -0.05) is 30.3 Å². The van der Waals surface area contributed by atoms with Crippen molar-refractivity contribution in [1.82, 2.24) is 14.8 Å². The molecule has 0 fully saturated rings. The summed E-state index contributed by atoms with van der Waals surface area (Å²) in [7, 11) is 0. The van der Waals surface area contributed by atoms with Crippen molar-refractivity contribution < 1.29 is 14.6 Å². The molecule has 0 aliphatic rings. The van der Waals surface area contributed by atoms with Crippen LogP contribution in [0.15, 0.2) is 59.4 Å². The highest BCUT2D eigenvalue weighted by atomic mass is 32.1. The van der Waals surface area contributed by atoms with Crippen LogP contribution in [0.4, 0.5) is 0 Å². The minimum Gasteiger partial charge on any atom is -0.508 e. The van der Waals surface area contributed by atoms with E-state index in [4.69, 9.17) is 9.84 Å². The lowest BCUT2D eigenvalue weighted by atomic mass is 10.1. The molecule has 2 heterocycles. The van der Waals surface area contributed by atoms with Crippen molar-refractivity contribution in [2.24, 2.45) is 0 Å². The lowest BCUT2D eigenvalue weighted by molar-refractivity contribution is -0.129. The smallest absolute Gasteiger partial charge is 0.293 e. The molecule has 0 bridgehead atoms. The van der Waals surface area contributed by atoms with Crippen molar-refractivity contribution >= 4 is 28.7 Å². The van der Waals surface area contributed by atoms with Gasteiger partial charge in [-0.15, -0.1) is 11.3 Å². The fraction of sp³-hybridized carbons (Fsp3) is 0.105. The van der Waals surface area contributed by atoms with Gasteiger partial charge in [0.15, 0.2) is 0 Å². The molecule has 0 saturated carbocycles. The fourth-order valence-electron chi connectivity index (χ4n) is 2.97. The van der Waals surface area contributed by atoms with Crippen LogP contribution in [0.25, 0.3) is 22.2 Å². The monoisotopic (exact) mass is 365 g/mol. The van der Waals surface area contributed by atoms with E-state index in [1.54, 1.807) is 22.3 Å². The highest BCUT2D eigenvalue weighted by molar-refractivity contribution is 7.07. The van der Waals surface area contributed by atoms with Crippen molar-refractivity contribution in [2.45, 2.75) is 6.04 Å². The van der Waals surface area contributed by atoms with Crippen LogP contribution in [0, 0.1) is 0 Å². The van der Waals surface area contributed by atoms with Gasteiger partial charge in [0.2, 0.25) is 0 Å². The Kier molecular flexibility index (Phi) is 4.37. The minimum atomic E-state index is -0.381. The summed E-state index contributed by atoms with van der Waals surface area (Å²) in [4.78, 5) is 15.1. The first-order valence-corrected chi connectivity index (χ1v) is 8.92. The average Bonchev–Trinajstić information content (AvgIpc) is 3.32. The number of carbonyl (C=O) groups excluding carboxylic acids is 1. The lowest BCUT2D eigenvalue weighted by Crippen LogP contribution is -2.18. The second kappa shape index (κ2) is 6.97. The van der Waals surface area contributed by atoms with Crippen molar-refractivity contribution in [1.29, 1.82) is 0 Å². The Morgan fingerprint density at radius 3 is 2.81 bits per heavy atom. The molecule has 0 radical (unpaired) electrons. The quantitative estimate of drug-likeness (QED) is 0.528. The van der Waals surface area contributed by atoms with Crippen LogP contribution in [0.5, 0.6) is 5.75 Å². The van der Waals surface area contributed by atoms with E-state index in [9.17, 15) is 9.90 Å². The topological polar surface area (TPSA) is 77.2 Å². The maximum absolute atomic E-state index is 10.7. The molecule has 0 amide bonds. The second-order valence-corrected chi connectivity index (χ2v) is 6.44. The van der Waals surface area contributed by atoms with Crippen LogP contribution >= 0.6 is 11.3 Å². The van der Waals surface area contributed by atoms with Crippen LogP contribution in [-0.4, -0.2) is 33.0 Å². The minimum absolute atomic E-state index is 0.105. The van der Waals surface area contributed by atoms with Crippen molar-refractivity contribution in [3.63, 3.8) is 0 Å². The molecule has 26 heavy (non-hydrogen) atoms. The average molecular weight is 365 g/mol. The third-order valence-electron chi connectivity index (χ3n) is 4.15. The van der Waals surface area contributed by atoms with Crippen molar-refractivity contribution in [3.8, 4) is 17.0 Å². The van der Waals surface area contributed by atoms with Crippen LogP contribution in [0.3, 0.4) is 0 Å². The van der Waals surface area contributed by atoms with Crippen LogP contribution < -0.4 is 0 Å². The number of hydrogen-bond acceptors (Lipinski definition) is 6. The summed E-state index contributed by atoms with van der Waals surface area (Å²) in [6, 6.07) is 14.6. The normalized spacial score (nSPS) is 12.2. The first kappa shape index (κ1) is 16.3. The third-order valence-corrected chi connectivity index (χ3v) is 4.75. The number of rotatable bonds is 6. The van der Waals surface area contributed by atoms with Crippen LogP contribution in [0.1, 0.15) is 11.7 Å². The first-order chi connectivity index (χ1) is 12.8. The zero-order chi connectivity index (χ0) is 17.9. The van der Waals surface area contributed by atoms with Crippen molar-refractivity contribution in [2.75, 3.05) is 6.61 Å². The molecule has 4 rings (SSSR count). The molecule has 1 unspecified atom stereocenters. The highest BCUT2D eigenvalue weighted by Gasteiger charge is 2.23. The highest BCUT2D eigenvalue weighted by Crippen LogP contribution is 2.33. The molecule has 0 aliphatic heterocycles. The maximum atomic E-state index is 10.7. The largest absolute Gasteiger partial charge is 0.508 e. The van der Waals surface area contributed by atoms with E-state index in [0.29, 0.717) is 6.47 Å². The van der Waals surface area contributed by atoms with Crippen LogP contribution in [-0.2, 0) is 9.53 Å². The van der Waals surface area contributed by atoms with Gasteiger partial charge in [0.05, 0.1) is 16.7 Å². The Morgan fingerprint density at radius 2 is 2.08 bits per heavy atom. The summed E-state index contributed by atoms with van der Waals surface area (Å²) < 4.78 is 6.79. The molecule has 1 atom stereocenters. The summed E-state index contributed by atoms with van der Waals surface area (Å²) in [5.74, 6) is 0.145. The molecular formula is C19H15N3O3S. The zero-order valence-corrected chi connectivity index (χ0v) is 14.5. The van der Waals surface area contributed by atoms with Gasteiger partial charge >= 0.3 is 0 Å². The van der Waals surface area contributed by atoms with E-state index >= 15 is 0 Å². The van der Waals surface area contributed by atoms with Gasteiger partial charge in [0.25, 0.3) is 6.47 Å². The summed E-state index contributed by atoms with van der Waals surface area (Å²) in [6.07, 6.45) is 0. The van der Waals surface area contributed by atoms with Gasteiger partial charge in [-0.3, -0.25) is 9.48 Å². The number of aromatic hydroxyl groups is 1. The molecule has 130 valence electrons. The molecule has 0 spiro atoms. The van der Waals surface area contributed by atoms with Gasteiger partial charge in [-0.05, 0) is 12.1 Å². The van der Waals surface area contributed by atoms with E-state index in [2.05, 4.69) is 4.98 Å². The summed E-state index contributed by atoms with van der Waals surface area (Å²) in [6.45, 7) is 0.522. The SMILES string of the molecule is O=COCC(c1cscn1)n1nc(-c2ccccc2)c2ccc(O)cc21. The van der Waals surface area contributed by atoms with Gasteiger partial charge in [-0.2, -0.15) is 5.10 Å². The molecular weight excluding hydrogens is 350 g/mol. The zero-order valence-electron chi connectivity index (χ0n) is 13.6. The second-order valence-electron chi connectivity index (χ2n) is 5.72. The Morgan fingerprint density at radius 1 is 1.23 bits per heavy atom. The van der Waals surface area contributed by atoms with E-state index < -0.39 is 0 Å². The molecule has 7 heteroatoms. The predicted molar refractivity (Wildman–Crippen MR) is 99.1 cm³/mol. The Balaban J connectivity index is 1.93. The fourth-order valence-corrected chi connectivity index (χ4v) is 3.57. The Hall–Kier alpha value is -3.19. The summed E-state index contributed by atoms with van der Waals surface area (Å²) in [5, 5.41) is 17.6. The van der Waals surface area contributed by atoms with E-state index in [-0.39, 0.29) is 18.4 Å². The Labute approximate surface area is 153 Å². The van der Waals surface area contributed by atoms with E-state index in [0.717, 1.165) is 27.9 Å². The summed E-state index contributed by atoms with van der Waals surface area (Å²) >= 11 is 1.46. The van der Waals surface area contributed by atoms with Gasteiger partial charge < -0.3 is 9.84 Å². The number of carbonyl (C=O) groups is 1. The predicted octanol–water partition coefficient (Wildman–Crippen LogP) is 3.63. The number of benzene rings is 2. The Bertz CT molecular complexity index is 1030. The van der Waals surface area contributed by atoms with Crippen LogP contribution in [0.2, 0.25) is 0 Å².